The fourth-order valence-electron chi connectivity index (χ4n) is 4.19. The van der Waals surface area contributed by atoms with Crippen molar-refractivity contribution in [1.82, 2.24) is 0 Å². The number of carboxylic acids is 1. The van der Waals surface area contributed by atoms with E-state index in [1.54, 1.807) is 0 Å². The molecule has 0 rings (SSSR count). The molecule has 0 aliphatic carbocycles. The first kappa shape index (κ1) is 43.7. The molecule has 0 aliphatic heterocycles. The Morgan fingerprint density at radius 2 is 1.22 bits per heavy atom. The van der Waals surface area contributed by atoms with Gasteiger partial charge < -0.3 is 25.2 Å². The first-order valence-corrected chi connectivity index (χ1v) is 18.5. The summed E-state index contributed by atoms with van der Waals surface area (Å²) in [6, 6.07) is -1.52. The highest BCUT2D eigenvalue weighted by molar-refractivity contribution is 7.47. The first-order chi connectivity index (χ1) is 22.1. The Kier molecular flexibility index (Phi) is 28.6. The molecule has 1 unspecified atom stereocenters. The monoisotopic (exact) mass is 673 g/mol. The molecule has 0 bridgehead atoms. The number of allylic oxidation sites excluding steroid dienone is 6. The van der Waals surface area contributed by atoms with Crippen molar-refractivity contribution in [3.05, 3.63) is 36.5 Å². The third kappa shape index (κ3) is 29.1. The molecule has 0 aliphatic rings. The number of ether oxygens (including phenoxy) is 2. The quantitative estimate of drug-likeness (QED) is 0.0285. The summed E-state index contributed by atoms with van der Waals surface area (Å²) in [4.78, 5) is 45.4. The van der Waals surface area contributed by atoms with E-state index in [0.29, 0.717) is 12.8 Å². The summed E-state index contributed by atoms with van der Waals surface area (Å²) >= 11 is 0. The van der Waals surface area contributed by atoms with Gasteiger partial charge in [0.05, 0.1) is 13.2 Å². The summed E-state index contributed by atoms with van der Waals surface area (Å²) in [6.45, 7) is 2.58. The zero-order valence-corrected chi connectivity index (χ0v) is 29.0. The Hall–Kier alpha value is -2.30. The maximum Gasteiger partial charge on any atom is 0.472 e. The van der Waals surface area contributed by atoms with Crippen molar-refractivity contribution in [3.8, 4) is 0 Å². The Bertz CT molecular complexity index is 937. The lowest BCUT2D eigenvalue weighted by atomic mass is 10.1. The second-order valence-corrected chi connectivity index (χ2v) is 12.7. The third-order valence-corrected chi connectivity index (χ3v) is 7.85. The molecular formula is C34H60NO10P. The zero-order valence-electron chi connectivity index (χ0n) is 28.2. The number of phosphoric ester groups is 1. The van der Waals surface area contributed by atoms with Gasteiger partial charge in [0, 0.05) is 12.8 Å². The van der Waals surface area contributed by atoms with Gasteiger partial charge in [-0.3, -0.25) is 23.4 Å². The normalized spacial score (nSPS) is 14.5. The van der Waals surface area contributed by atoms with Crippen LogP contribution < -0.4 is 5.73 Å². The molecule has 266 valence electrons. The van der Waals surface area contributed by atoms with Gasteiger partial charge in [0.25, 0.3) is 0 Å². The minimum atomic E-state index is -4.70. The zero-order chi connectivity index (χ0) is 34.3. The number of carboxylic acid groups (broad SMARTS) is 1. The highest BCUT2D eigenvalue weighted by atomic mass is 31.2. The maximum absolute atomic E-state index is 12.5. The van der Waals surface area contributed by atoms with Crippen molar-refractivity contribution in [2.45, 2.75) is 142 Å². The Labute approximate surface area is 276 Å². The van der Waals surface area contributed by atoms with E-state index in [-0.39, 0.29) is 19.4 Å². The number of phosphoric acid groups is 1. The molecule has 0 aromatic carbocycles. The summed E-state index contributed by atoms with van der Waals surface area (Å²) in [5.41, 5.74) is 5.29. The van der Waals surface area contributed by atoms with Crippen LogP contribution in [0.1, 0.15) is 129 Å². The van der Waals surface area contributed by atoms with E-state index in [2.05, 4.69) is 54.8 Å². The summed E-state index contributed by atoms with van der Waals surface area (Å²) < 4.78 is 32.3. The van der Waals surface area contributed by atoms with Crippen LogP contribution >= 0.6 is 7.82 Å². The molecule has 4 N–H and O–H groups in total. The minimum Gasteiger partial charge on any atom is -0.480 e. The van der Waals surface area contributed by atoms with Gasteiger partial charge in [-0.2, -0.15) is 0 Å². The van der Waals surface area contributed by atoms with Crippen LogP contribution in [0, 0.1) is 0 Å². The van der Waals surface area contributed by atoms with Crippen LogP contribution in [0.4, 0.5) is 0 Å². The standard InChI is InChI=1S/C34H60NO10P/c1-3-5-7-9-11-12-13-14-15-16-17-18-20-22-24-26-33(37)45-30(28-43-46(40,41)44-29-31(35)34(38)39)27-42-32(36)25-23-21-19-10-8-6-4-2/h5,7,11-12,14-15,30-31H,3-4,6,8-10,13,16-29,35H2,1-2H3,(H,38,39)(H,40,41)/b7-5+,12-11+,15-14+/t30-,31-/m0/s1. The van der Waals surface area contributed by atoms with Crippen LogP contribution in [0.25, 0.3) is 0 Å². The number of unbranched alkanes of at least 4 members (excludes halogenated alkanes) is 11. The van der Waals surface area contributed by atoms with Crippen molar-refractivity contribution < 1.29 is 47.5 Å². The van der Waals surface area contributed by atoms with Crippen LogP contribution in [0.5, 0.6) is 0 Å². The molecule has 11 nitrogen and oxygen atoms in total. The van der Waals surface area contributed by atoms with Crippen molar-refractivity contribution in [2.75, 3.05) is 19.8 Å². The van der Waals surface area contributed by atoms with Gasteiger partial charge in [0.2, 0.25) is 0 Å². The summed E-state index contributed by atoms with van der Waals surface area (Å²) in [7, 11) is -4.70. The third-order valence-electron chi connectivity index (χ3n) is 6.90. The number of carbonyl (C=O) groups is 3. The number of hydrogen-bond donors (Lipinski definition) is 3. The number of carbonyl (C=O) groups excluding carboxylic acids is 2. The molecular weight excluding hydrogens is 613 g/mol. The van der Waals surface area contributed by atoms with E-state index < -0.39 is 51.1 Å². The number of nitrogens with two attached hydrogens (primary N) is 1. The lowest BCUT2D eigenvalue weighted by Crippen LogP contribution is -2.34. The fraction of sp³-hybridized carbons (Fsp3) is 0.735. The SMILES string of the molecule is CC/C=C/C/C=C/C/C=C/CCCCCCCC(=O)O[C@@H](COC(=O)CCCCCCCCC)COP(=O)(O)OC[C@H](N)C(=O)O. The molecule has 0 heterocycles. The van der Waals surface area contributed by atoms with Crippen molar-refractivity contribution in [2.24, 2.45) is 5.73 Å². The van der Waals surface area contributed by atoms with Crippen LogP contribution in [0.15, 0.2) is 36.5 Å². The van der Waals surface area contributed by atoms with Crippen molar-refractivity contribution in [3.63, 3.8) is 0 Å². The number of esters is 2. The van der Waals surface area contributed by atoms with Crippen LogP contribution in [-0.4, -0.2) is 59.9 Å². The van der Waals surface area contributed by atoms with Gasteiger partial charge in [0.1, 0.15) is 12.6 Å². The molecule has 0 saturated carbocycles. The molecule has 0 radical (unpaired) electrons. The van der Waals surface area contributed by atoms with E-state index in [0.717, 1.165) is 70.6 Å². The van der Waals surface area contributed by atoms with E-state index in [9.17, 15) is 23.8 Å². The van der Waals surface area contributed by atoms with Gasteiger partial charge >= 0.3 is 25.7 Å². The van der Waals surface area contributed by atoms with Gasteiger partial charge in [0.15, 0.2) is 6.10 Å². The maximum atomic E-state index is 12.5. The smallest absolute Gasteiger partial charge is 0.472 e. The lowest BCUT2D eigenvalue weighted by molar-refractivity contribution is -0.161. The topological polar surface area (TPSA) is 172 Å². The van der Waals surface area contributed by atoms with Gasteiger partial charge in [-0.1, -0.05) is 108 Å². The number of rotatable bonds is 31. The van der Waals surface area contributed by atoms with E-state index in [4.69, 9.17) is 24.8 Å². The van der Waals surface area contributed by atoms with Crippen molar-refractivity contribution >= 4 is 25.7 Å². The second-order valence-electron chi connectivity index (χ2n) is 11.3. The molecule has 0 aromatic rings. The first-order valence-electron chi connectivity index (χ1n) is 17.0. The van der Waals surface area contributed by atoms with E-state index in [1.165, 1.54) is 19.3 Å². The summed E-state index contributed by atoms with van der Waals surface area (Å²) in [5.74, 6) is -2.41. The number of aliphatic carboxylic acids is 1. The molecule has 0 spiro atoms. The van der Waals surface area contributed by atoms with Crippen LogP contribution in [0.2, 0.25) is 0 Å². The van der Waals surface area contributed by atoms with Crippen molar-refractivity contribution in [1.29, 1.82) is 0 Å². The molecule has 0 saturated heterocycles. The average molecular weight is 674 g/mol. The molecule has 0 amide bonds. The largest absolute Gasteiger partial charge is 0.480 e. The van der Waals surface area contributed by atoms with Gasteiger partial charge in [-0.05, 0) is 44.9 Å². The predicted octanol–water partition coefficient (Wildman–Crippen LogP) is 7.72. The van der Waals surface area contributed by atoms with Gasteiger partial charge in [-0.15, -0.1) is 0 Å². The van der Waals surface area contributed by atoms with Gasteiger partial charge in [-0.25, -0.2) is 4.57 Å². The predicted molar refractivity (Wildman–Crippen MR) is 180 cm³/mol. The average Bonchev–Trinajstić information content (AvgIpc) is 3.02. The highest BCUT2D eigenvalue weighted by Crippen LogP contribution is 2.43. The van der Waals surface area contributed by atoms with Crippen LogP contribution in [0.3, 0.4) is 0 Å². The highest BCUT2D eigenvalue weighted by Gasteiger charge is 2.28. The second kappa shape index (κ2) is 30.1. The molecule has 46 heavy (non-hydrogen) atoms. The molecule has 12 heteroatoms. The summed E-state index contributed by atoms with van der Waals surface area (Å²) in [5, 5.41) is 8.82. The molecule has 0 aromatic heterocycles. The molecule has 3 atom stereocenters. The Morgan fingerprint density at radius 1 is 0.696 bits per heavy atom. The summed E-state index contributed by atoms with van der Waals surface area (Å²) in [6.07, 6.45) is 28.2. The Morgan fingerprint density at radius 3 is 1.83 bits per heavy atom. The Balaban J connectivity index is 4.50. The van der Waals surface area contributed by atoms with E-state index >= 15 is 0 Å². The van der Waals surface area contributed by atoms with Crippen LogP contribution in [-0.2, 0) is 37.5 Å². The number of hydrogen-bond acceptors (Lipinski definition) is 9. The molecule has 0 fully saturated rings. The fourth-order valence-corrected chi connectivity index (χ4v) is 4.97. The minimum absolute atomic E-state index is 0.142. The van der Waals surface area contributed by atoms with E-state index in [1.807, 2.05) is 0 Å². The lowest BCUT2D eigenvalue weighted by Gasteiger charge is -2.20.